The minimum absolute atomic E-state index is 0.124. The topological polar surface area (TPSA) is 80.5 Å². The van der Waals surface area contributed by atoms with Crippen molar-refractivity contribution in [2.24, 2.45) is 0 Å². The molecule has 0 aromatic heterocycles. The number of thiol groups is 1. The Morgan fingerprint density at radius 1 is 1.10 bits per heavy atom. The number of amides is 2. The van der Waals surface area contributed by atoms with Gasteiger partial charge in [-0.05, 0) is 24.7 Å². The fourth-order valence-corrected chi connectivity index (χ4v) is 2.38. The third-order valence-corrected chi connectivity index (χ3v) is 3.52. The van der Waals surface area contributed by atoms with E-state index in [1.54, 1.807) is 0 Å². The second-order valence-electron chi connectivity index (χ2n) is 4.53. The van der Waals surface area contributed by atoms with E-state index in [-0.39, 0.29) is 22.7 Å². The molecule has 0 atom stereocenters. The number of hydrogen-bond acceptors (Lipinski definition) is 5. The second kappa shape index (κ2) is 6.04. The number of benzene rings is 1. The average molecular weight is 294 g/mol. The molecule has 1 aromatic carbocycles. The Balaban J connectivity index is 2.15. The van der Waals surface area contributed by atoms with Crippen LogP contribution in [0.5, 0.6) is 0 Å². The number of nitro groups is 1. The van der Waals surface area contributed by atoms with E-state index in [0.717, 1.165) is 23.5 Å². The van der Waals surface area contributed by atoms with E-state index in [1.807, 2.05) is 0 Å². The number of fused-ring (bicyclic) bond motifs is 1. The number of carbonyl (C=O) groups excluding carboxylic acids is 2. The second-order valence-corrected chi connectivity index (χ2v) is 4.98. The van der Waals surface area contributed by atoms with E-state index in [1.165, 1.54) is 18.2 Å². The van der Waals surface area contributed by atoms with Gasteiger partial charge in [0.1, 0.15) is 0 Å². The lowest BCUT2D eigenvalue weighted by Crippen LogP contribution is -2.30. The standard InChI is InChI=1S/C13H14N2O4S/c16-12-10-5-4-9(15(18)19)8-11(10)13(17)14(12)6-2-1-3-7-20/h4-5,8,20H,1-3,6-7H2. The molecule has 0 bridgehead atoms. The normalized spacial score (nSPS) is 13.8. The molecule has 0 saturated carbocycles. The molecule has 0 radical (unpaired) electrons. The van der Waals surface area contributed by atoms with Crippen LogP contribution in [-0.2, 0) is 0 Å². The summed E-state index contributed by atoms with van der Waals surface area (Å²) in [6, 6.07) is 3.76. The molecule has 0 saturated heterocycles. The summed E-state index contributed by atoms with van der Waals surface area (Å²) in [4.78, 5) is 35.5. The van der Waals surface area contributed by atoms with Crippen LogP contribution in [0.3, 0.4) is 0 Å². The number of carbonyl (C=O) groups is 2. The molecule has 2 rings (SSSR count). The lowest BCUT2D eigenvalue weighted by atomic mass is 10.1. The Hall–Kier alpha value is -1.89. The highest BCUT2D eigenvalue weighted by Gasteiger charge is 2.36. The highest BCUT2D eigenvalue weighted by Crippen LogP contribution is 2.27. The molecule has 1 aliphatic rings. The van der Waals surface area contributed by atoms with Crippen molar-refractivity contribution in [2.45, 2.75) is 19.3 Å². The Kier molecular flexibility index (Phi) is 4.39. The van der Waals surface area contributed by atoms with E-state index >= 15 is 0 Å². The van der Waals surface area contributed by atoms with Crippen molar-refractivity contribution in [1.29, 1.82) is 0 Å². The van der Waals surface area contributed by atoms with Crippen molar-refractivity contribution in [3.63, 3.8) is 0 Å². The summed E-state index contributed by atoms with van der Waals surface area (Å²) in [7, 11) is 0. The van der Waals surface area contributed by atoms with Gasteiger partial charge in [-0.25, -0.2) is 0 Å². The minimum atomic E-state index is -0.576. The molecule has 6 nitrogen and oxygen atoms in total. The van der Waals surface area contributed by atoms with E-state index in [4.69, 9.17) is 0 Å². The first-order valence-electron chi connectivity index (χ1n) is 6.31. The van der Waals surface area contributed by atoms with E-state index in [9.17, 15) is 19.7 Å². The van der Waals surface area contributed by atoms with Crippen LogP contribution in [0, 0.1) is 10.1 Å². The number of non-ortho nitro benzene ring substituents is 1. The van der Waals surface area contributed by atoms with Crippen molar-refractivity contribution in [3.05, 3.63) is 39.4 Å². The monoisotopic (exact) mass is 294 g/mol. The van der Waals surface area contributed by atoms with Crippen LogP contribution in [0.25, 0.3) is 0 Å². The largest absolute Gasteiger partial charge is 0.274 e. The summed E-state index contributed by atoms with van der Waals surface area (Å²) < 4.78 is 0. The maximum Gasteiger partial charge on any atom is 0.270 e. The Morgan fingerprint density at radius 3 is 2.45 bits per heavy atom. The molecule has 1 heterocycles. The van der Waals surface area contributed by atoms with Gasteiger partial charge in [0.2, 0.25) is 0 Å². The zero-order valence-corrected chi connectivity index (χ0v) is 11.6. The molecule has 0 N–H and O–H groups in total. The molecule has 2 amide bonds. The van der Waals surface area contributed by atoms with Gasteiger partial charge in [-0.15, -0.1) is 0 Å². The van der Waals surface area contributed by atoms with Gasteiger partial charge in [-0.2, -0.15) is 12.6 Å². The van der Waals surface area contributed by atoms with Crippen molar-refractivity contribution in [3.8, 4) is 0 Å². The number of nitrogens with zero attached hydrogens (tertiary/aromatic N) is 2. The fraction of sp³-hybridized carbons (Fsp3) is 0.385. The summed E-state index contributed by atoms with van der Waals surface area (Å²) in [5, 5.41) is 10.7. The highest BCUT2D eigenvalue weighted by molar-refractivity contribution is 7.80. The van der Waals surface area contributed by atoms with Gasteiger partial charge in [0, 0.05) is 18.7 Å². The Bertz CT molecular complexity index is 573. The summed E-state index contributed by atoms with van der Waals surface area (Å²) >= 11 is 4.10. The smallest absolute Gasteiger partial charge is 0.270 e. The molecule has 7 heteroatoms. The van der Waals surface area contributed by atoms with Crippen molar-refractivity contribution in [2.75, 3.05) is 12.3 Å². The number of imide groups is 1. The number of rotatable bonds is 6. The molecule has 0 aliphatic carbocycles. The van der Waals surface area contributed by atoms with Gasteiger partial charge in [0.25, 0.3) is 17.5 Å². The maximum absolute atomic E-state index is 12.1. The van der Waals surface area contributed by atoms with Crippen LogP contribution in [-0.4, -0.2) is 33.9 Å². The predicted octanol–water partition coefficient (Wildman–Crippen LogP) is 2.29. The summed E-state index contributed by atoms with van der Waals surface area (Å²) in [5.41, 5.74) is 0.190. The summed E-state index contributed by atoms with van der Waals surface area (Å²) in [5.74, 6) is -0.0424. The van der Waals surface area contributed by atoms with Crippen LogP contribution >= 0.6 is 12.6 Å². The van der Waals surface area contributed by atoms with Gasteiger partial charge < -0.3 is 0 Å². The van der Waals surface area contributed by atoms with Gasteiger partial charge in [-0.1, -0.05) is 6.42 Å². The molecule has 1 aromatic rings. The lowest BCUT2D eigenvalue weighted by Gasteiger charge is -2.12. The number of unbranched alkanes of at least 4 members (excludes halogenated alkanes) is 2. The number of hydrogen-bond donors (Lipinski definition) is 1. The SMILES string of the molecule is O=C1c2ccc([N+](=O)[O-])cc2C(=O)N1CCCCCS. The average Bonchev–Trinajstić information content (AvgIpc) is 2.67. The molecule has 0 spiro atoms. The fourth-order valence-electron chi connectivity index (χ4n) is 2.15. The van der Waals surface area contributed by atoms with Crippen LogP contribution in [0.1, 0.15) is 40.0 Å². The maximum atomic E-state index is 12.1. The number of nitro benzene ring substituents is 1. The summed E-state index contributed by atoms with van der Waals surface area (Å²) in [6.45, 7) is 0.341. The lowest BCUT2D eigenvalue weighted by molar-refractivity contribution is -0.384. The minimum Gasteiger partial charge on any atom is -0.274 e. The van der Waals surface area contributed by atoms with Gasteiger partial charge >= 0.3 is 0 Å². The predicted molar refractivity (Wildman–Crippen MR) is 76.2 cm³/mol. The summed E-state index contributed by atoms with van der Waals surface area (Å²) in [6.07, 6.45) is 2.53. The molecular formula is C13H14N2O4S. The molecule has 0 fully saturated rings. The van der Waals surface area contributed by atoms with Crippen molar-refractivity contribution < 1.29 is 14.5 Å². The molecule has 20 heavy (non-hydrogen) atoms. The molecular weight excluding hydrogens is 280 g/mol. The zero-order chi connectivity index (χ0) is 14.7. The van der Waals surface area contributed by atoms with Gasteiger partial charge in [0.05, 0.1) is 16.1 Å². The molecule has 1 aliphatic heterocycles. The Morgan fingerprint density at radius 2 is 1.80 bits per heavy atom. The third kappa shape index (κ3) is 2.67. The molecule has 106 valence electrons. The van der Waals surface area contributed by atoms with Crippen LogP contribution < -0.4 is 0 Å². The Labute approximate surface area is 121 Å². The first-order valence-corrected chi connectivity index (χ1v) is 6.95. The zero-order valence-electron chi connectivity index (χ0n) is 10.7. The van der Waals surface area contributed by atoms with Gasteiger partial charge in [-0.3, -0.25) is 24.6 Å². The van der Waals surface area contributed by atoms with Gasteiger partial charge in [0.15, 0.2) is 0 Å². The quantitative estimate of drug-likeness (QED) is 0.287. The van der Waals surface area contributed by atoms with Crippen molar-refractivity contribution >= 4 is 30.1 Å². The third-order valence-electron chi connectivity index (χ3n) is 3.20. The van der Waals surface area contributed by atoms with Crippen molar-refractivity contribution in [1.82, 2.24) is 4.90 Å². The van der Waals surface area contributed by atoms with E-state index < -0.39 is 10.8 Å². The molecule has 0 unspecified atom stereocenters. The van der Waals surface area contributed by atoms with Crippen LogP contribution in [0.2, 0.25) is 0 Å². The highest BCUT2D eigenvalue weighted by atomic mass is 32.1. The van der Waals surface area contributed by atoms with Crippen LogP contribution in [0.15, 0.2) is 18.2 Å². The first-order chi connectivity index (χ1) is 9.56. The van der Waals surface area contributed by atoms with E-state index in [0.29, 0.717) is 13.0 Å². The van der Waals surface area contributed by atoms with Crippen LogP contribution in [0.4, 0.5) is 5.69 Å². The van der Waals surface area contributed by atoms with E-state index in [2.05, 4.69) is 12.6 Å². The first kappa shape index (κ1) is 14.5.